The number of carbonyl (C=O) groups excluding carboxylic acids is 1. The maximum absolute atomic E-state index is 12.2. The molecule has 3 aromatic carbocycles. The van der Waals surface area contributed by atoms with Crippen molar-refractivity contribution < 1.29 is 19.0 Å². The molecule has 1 amide bonds. The number of methoxy groups -OCH3 is 3. The van der Waals surface area contributed by atoms with Crippen LogP contribution in [0.3, 0.4) is 0 Å². The molecule has 0 spiro atoms. The van der Waals surface area contributed by atoms with Crippen LogP contribution >= 0.6 is 0 Å². The summed E-state index contributed by atoms with van der Waals surface area (Å²) in [6, 6.07) is 15.7. The predicted molar refractivity (Wildman–Crippen MR) is 108 cm³/mol. The van der Waals surface area contributed by atoms with E-state index in [0.717, 1.165) is 33.2 Å². The molecule has 0 fully saturated rings. The number of hydrazone groups is 1. The van der Waals surface area contributed by atoms with Crippen LogP contribution in [0.5, 0.6) is 17.2 Å². The summed E-state index contributed by atoms with van der Waals surface area (Å²) in [6.07, 6.45) is 0.212. The molecule has 142 valence electrons. The van der Waals surface area contributed by atoms with Crippen molar-refractivity contribution in [3.63, 3.8) is 0 Å². The second-order valence-electron chi connectivity index (χ2n) is 6.46. The fourth-order valence-corrected chi connectivity index (χ4v) is 3.40. The van der Waals surface area contributed by atoms with Gasteiger partial charge >= 0.3 is 0 Å². The molecule has 0 saturated heterocycles. The Morgan fingerprint density at radius 3 is 2.36 bits per heavy atom. The Balaban J connectivity index is 1.90. The molecule has 0 radical (unpaired) electrons. The van der Waals surface area contributed by atoms with Gasteiger partial charge in [0.1, 0.15) is 5.75 Å². The summed E-state index contributed by atoms with van der Waals surface area (Å²) < 4.78 is 16.2. The zero-order chi connectivity index (χ0) is 19.7. The van der Waals surface area contributed by atoms with Gasteiger partial charge in [0.05, 0.1) is 33.5 Å². The first-order chi connectivity index (χ1) is 13.6. The molecule has 1 heterocycles. The number of amides is 1. The minimum atomic E-state index is -0.175. The van der Waals surface area contributed by atoms with E-state index in [1.807, 2.05) is 48.5 Å². The molecule has 6 heteroatoms. The lowest BCUT2D eigenvalue weighted by molar-refractivity contribution is -0.120. The van der Waals surface area contributed by atoms with Crippen molar-refractivity contribution >= 4 is 22.4 Å². The van der Waals surface area contributed by atoms with Gasteiger partial charge in [-0.25, -0.2) is 5.43 Å². The van der Waals surface area contributed by atoms with E-state index in [1.165, 1.54) is 0 Å². The van der Waals surface area contributed by atoms with Crippen LogP contribution in [0.15, 0.2) is 53.6 Å². The summed E-state index contributed by atoms with van der Waals surface area (Å²) >= 11 is 0. The van der Waals surface area contributed by atoms with Crippen LogP contribution in [0, 0.1) is 0 Å². The largest absolute Gasteiger partial charge is 0.497 e. The fraction of sp³-hybridized carbons (Fsp3) is 0.182. The minimum absolute atomic E-state index is 0.175. The van der Waals surface area contributed by atoms with E-state index in [-0.39, 0.29) is 12.3 Å². The molecule has 0 aliphatic carbocycles. The maximum Gasteiger partial charge on any atom is 0.244 e. The summed E-state index contributed by atoms with van der Waals surface area (Å²) in [7, 11) is 4.81. The van der Waals surface area contributed by atoms with Crippen LogP contribution in [-0.2, 0) is 11.2 Å². The zero-order valence-corrected chi connectivity index (χ0v) is 15.9. The van der Waals surface area contributed by atoms with E-state index >= 15 is 0 Å². The van der Waals surface area contributed by atoms with E-state index in [0.29, 0.717) is 17.2 Å². The molecular weight excluding hydrogens is 356 g/mol. The molecule has 0 bridgehead atoms. The third kappa shape index (κ3) is 3.13. The lowest BCUT2D eigenvalue weighted by Crippen LogP contribution is -2.18. The highest BCUT2D eigenvalue weighted by Gasteiger charge is 2.22. The first-order valence-electron chi connectivity index (χ1n) is 8.83. The number of ether oxygens (including phenoxy) is 3. The normalized spacial score (nSPS) is 13.2. The standard InChI is InChI=1S/C22H20N2O4/c1-26-17-7-6-13-4-5-14(8-15(13)9-17)22-18-12-20(28-3)19(27-2)10-16(18)11-21(25)23-24-22/h4-10,12H,11H2,1-3H3,(H,23,25). The molecule has 4 rings (SSSR count). The number of hydrogen-bond acceptors (Lipinski definition) is 5. The topological polar surface area (TPSA) is 69.2 Å². The zero-order valence-electron chi connectivity index (χ0n) is 15.9. The van der Waals surface area contributed by atoms with E-state index in [1.54, 1.807) is 21.3 Å². The number of carbonyl (C=O) groups is 1. The van der Waals surface area contributed by atoms with Gasteiger partial charge in [-0.1, -0.05) is 18.2 Å². The Morgan fingerprint density at radius 2 is 1.61 bits per heavy atom. The van der Waals surface area contributed by atoms with E-state index in [4.69, 9.17) is 14.2 Å². The molecule has 1 aliphatic heterocycles. The van der Waals surface area contributed by atoms with Gasteiger partial charge in [0.15, 0.2) is 11.5 Å². The fourth-order valence-electron chi connectivity index (χ4n) is 3.40. The average molecular weight is 376 g/mol. The first kappa shape index (κ1) is 17.9. The van der Waals surface area contributed by atoms with E-state index in [9.17, 15) is 4.79 Å². The predicted octanol–water partition coefficient (Wildman–Crippen LogP) is 3.29. The van der Waals surface area contributed by atoms with Crippen molar-refractivity contribution in [1.82, 2.24) is 5.43 Å². The highest BCUT2D eigenvalue weighted by Crippen LogP contribution is 2.33. The van der Waals surface area contributed by atoms with Crippen LogP contribution < -0.4 is 19.6 Å². The van der Waals surface area contributed by atoms with Crippen LogP contribution in [0.2, 0.25) is 0 Å². The van der Waals surface area contributed by atoms with E-state index < -0.39 is 0 Å². The summed E-state index contributed by atoms with van der Waals surface area (Å²) in [4.78, 5) is 12.2. The Labute approximate surface area is 162 Å². The third-order valence-corrected chi connectivity index (χ3v) is 4.83. The molecule has 28 heavy (non-hydrogen) atoms. The summed E-state index contributed by atoms with van der Waals surface area (Å²) in [6.45, 7) is 0. The third-order valence-electron chi connectivity index (χ3n) is 4.83. The number of fused-ring (bicyclic) bond motifs is 2. The maximum atomic E-state index is 12.2. The van der Waals surface area contributed by atoms with Crippen LogP contribution in [0.1, 0.15) is 16.7 Å². The molecule has 0 unspecified atom stereocenters. The summed E-state index contributed by atoms with van der Waals surface area (Å²) in [5.74, 6) is 1.78. The van der Waals surface area contributed by atoms with Gasteiger partial charge in [-0.3, -0.25) is 4.79 Å². The molecule has 0 saturated carbocycles. The number of nitrogens with zero attached hydrogens (tertiary/aromatic N) is 1. The highest BCUT2D eigenvalue weighted by atomic mass is 16.5. The summed E-state index contributed by atoms with van der Waals surface area (Å²) in [5.41, 5.74) is 5.85. The summed E-state index contributed by atoms with van der Waals surface area (Å²) in [5, 5.41) is 6.50. The van der Waals surface area contributed by atoms with Gasteiger partial charge in [0.25, 0.3) is 0 Å². The molecule has 1 N–H and O–H groups in total. The molecule has 6 nitrogen and oxygen atoms in total. The SMILES string of the molecule is COc1ccc2ccc(C3=NNC(=O)Cc4cc(OC)c(OC)cc43)cc2c1. The highest BCUT2D eigenvalue weighted by molar-refractivity contribution is 6.16. The van der Waals surface area contributed by atoms with Crippen molar-refractivity contribution in [1.29, 1.82) is 0 Å². The number of nitrogens with one attached hydrogen (secondary N) is 1. The number of hydrogen-bond donors (Lipinski definition) is 1. The van der Waals surface area contributed by atoms with Crippen molar-refractivity contribution in [2.45, 2.75) is 6.42 Å². The Bertz CT molecular complexity index is 1110. The number of rotatable bonds is 4. The van der Waals surface area contributed by atoms with Gasteiger partial charge in [0.2, 0.25) is 5.91 Å². The Hall–Kier alpha value is -3.54. The van der Waals surface area contributed by atoms with Crippen molar-refractivity contribution in [3.05, 3.63) is 65.2 Å². The van der Waals surface area contributed by atoms with Gasteiger partial charge < -0.3 is 14.2 Å². The average Bonchev–Trinajstić information content (AvgIpc) is 2.89. The molecular formula is C22H20N2O4. The van der Waals surface area contributed by atoms with Gasteiger partial charge in [-0.2, -0.15) is 5.10 Å². The van der Waals surface area contributed by atoms with Crippen LogP contribution in [0.4, 0.5) is 0 Å². The first-order valence-corrected chi connectivity index (χ1v) is 8.83. The van der Waals surface area contributed by atoms with Crippen molar-refractivity contribution in [2.24, 2.45) is 5.10 Å². The minimum Gasteiger partial charge on any atom is -0.497 e. The smallest absolute Gasteiger partial charge is 0.244 e. The number of benzene rings is 3. The molecule has 1 aliphatic rings. The monoisotopic (exact) mass is 376 g/mol. The lowest BCUT2D eigenvalue weighted by atomic mass is 9.94. The molecule has 3 aromatic rings. The molecule has 0 aromatic heterocycles. The second kappa shape index (κ2) is 7.23. The molecule has 0 atom stereocenters. The van der Waals surface area contributed by atoms with Gasteiger partial charge in [-0.15, -0.1) is 0 Å². The van der Waals surface area contributed by atoms with Gasteiger partial charge in [0, 0.05) is 11.1 Å². The van der Waals surface area contributed by atoms with Crippen LogP contribution in [-0.4, -0.2) is 32.9 Å². The Morgan fingerprint density at radius 1 is 0.857 bits per heavy atom. The lowest BCUT2D eigenvalue weighted by Gasteiger charge is -2.14. The van der Waals surface area contributed by atoms with Crippen LogP contribution in [0.25, 0.3) is 10.8 Å². The van der Waals surface area contributed by atoms with Gasteiger partial charge in [-0.05, 0) is 46.7 Å². The quantitative estimate of drug-likeness (QED) is 0.759. The second-order valence-corrected chi connectivity index (χ2v) is 6.46. The van der Waals surface area contributed by atoms with Crippen molar-refractivity contribution in [2.75, 3.05) is 21.3 Å². The Kier molecular flexibility index (Phi) is 4.61. The van der Waals surface area contributed by atoms with E-state index in [2.05, 4.69) is 10.5 Å². The van der Waals surface area contributed by atoms with Crippen molar-refractivity contribution in [3.8, 4) is 17.2 Å².